The minimum atomic E-state index is 0.361. The van der Waals surface area contributed by atoms with Gasteiger partial charge in [0.05, 0.1) is 0 Å². The summed E-state index contributed by atoms with van der Waals surface area (Å²) in [6.07, 6.45) is 4.64. The molecule has 0 saturated heterocycles. The lowest BCUT2D eigenvalue weighted by Crippen LogP contribution is -2.02. The highest BCUT2D eigenvalue weighted by molar-refractivity contribution is 5.90. The van der Waals surface area contributed by atoms with E-state index >= 15 is 0 Å². The number of rotatable bonds is 6. The number of carbonyl (C=O) groups is 1. The summed E-state index contributed by atoms with van der Waals surface area (Å²) in [6.45, 7) is 2.16. The second kappa shape index (κ2) is 6.34. The molecule has 0 bridgehead atoms. The van der Waals surface area contributed by atoms with E-state index < -0.39 is 0 Å². The summed E-state index contributed by atoms with van der Waals surface area (Å²) in [6, 6.07) is 14.5. The number of carbonyl (C=O) groups excluding carboxylic acids is 1. The van der Waals surface area contributed by atoms with Gasteiger partial charge < -0.3 is 0 Å². The number of benzene rings is 2. The molecule has 94 valence electrons. The van der Waals surface area contributed by atoms with Crippen molar-refractivity contribution in [3.05, 3.63) is 48.0 Å². The van der Waals surface area contributed by atoms with Crippen LogP contribution in [0.1, 0.15) is 38.2 Å². The number of hydrogen-bond acceptors (Lipinski definition) is 1. The maximum Gasteiger partial charge on any atom is 0.137 e. The largest absolute Gasteiger partial charge is 0.299 e. The fraction of sp³-hybridized carbons (Fsp3) is 0.353. The first-order valence-electron chi connectivity index (χ1n) is 6.79. The minimum Gasteiger partial charge on any atom is -0.299 e. The van der Waals surface area contributed by atoms with E-state index in [1.54, 1.807) is 0 Å². The summed E-state index contributed by atoms with van der Waals surface area (Å²) in [5.41, 5.74) is 1.16. The summed E-state index contributed by atoms with van der Waals surface area (Å²) in [5, 5.41) is 2.43. The summed E-state index contributed by atoms with van der Waals surface area (Å²) in [4.78, 5) is 11.9. The first-order valence-corrected chi connectivity index (χ1v) is 6.79. The number of Topliss-reactive ketones (excluding diaryl/α,β-unsaturated/α-hetero) is 1. The molecule has 1 nitrogen and oxygen atoms in total. The third-order valence-electron chi connectivity index (χ3n) is 3.33. The molecule has 0 heterocycles. The highest BCUT2D eigenvalue weighted by atomic mass is 16.1. The molecule has 0 N–H and O–H groups in total. The van der Waals surface area contributed by atoms with Gasteiger partial charge in [-0.25, -0.2) is 0 Å². The Kier molecular flexibility index (Phi) is 4.52. The topological polar surface area (TPSA) is 17.1 Å². The highest BCUT2D eigenvalue weighted by Crippen LogP contribution is 2.19. The molecule has 1 heteroatoms. The van der Waals surface area contributed by atoms with Crippen LogP contribution in [0, 0.1) is 0 Å². The van der Waals surface area contributed by atoms with Crippen molar-refractivity contribution in [1.29, 1.82) is 0 Å². The third kappa shape index (κ3) is 3.19. The molecule has 18 heavy (non-hydrogen) atoms. The van der Waals surface area contributed by atoms with Gasteiger partial charge in [0, 0.05) is 12.8 Å². The van der Waals surface area contributed by atoms with Crippen LogP contribution in [0.15, 0.2) is 42.5 Å². The standard InChI is InChI=1S/C17H20O/c1-2-3-4-11-16(18)13-15-10-7-9-14-8-5-6-12-17(14)15/h5-10,12H,2-4,11,13H2,1H3. The van der Waals surface area contributed by atoms with Gasteiger partial charge in [-0.3, -0.25) is 4.79 Å². The zero-order valence-electron chi connectivity index (χ0n) is 11.0. The maximum absolute atomic E-state index is 11.9. The molecule has 0 aliphatic heterocycles. The van der Waals surface area contributed by atoms with Crippen molar-refractivity contribution >= 4 is 16.6 Å². The normalized spacial score (nSPS) is 10.7. The van der Waals surface area contributed by atoms with Gasteiger partial charge in [0.1, 0.15) is 5.78 Å². The van der Waals surface area contributed by atoms with Gasteiger partial charge in [-0.15, -0.1) is 0 Å². The Balaban J connectivity index is 2.09. The second-order valence-electron chi connectivity index (χ2n) is 4.81. The van der Waals surface area contributed by atoms with Gasteiger partial charge in [-0.1, -0.05) is 62.2 Å². The zero-order valence-corrected chi connectivity index (χ0v) is 11.0. The van der Waals surface area contributed by atoms with Gasteiger partial charge in [-0.05, 0) is 22.8 Å². The van der Waals surface area contributed by atoms with Crippen LogP contribution in [0.25, 0.3) is 10.8 Å². The lowest BCUT2D eigenvalue weighted by atomic mass is 9.98. The van der Waals surface area contributed by atoms with E-state index in [0.29, 0.717) is 12.2 Å². The molecule has 0 fully saturated rings. The number of unbranched alkanes of at least 4 members (excludes halogenated alkanes) is 2. The molecule has 0 radical (unpaired) electrons. The summed E-state index contributed by atoms with van der Waals surface area (Å²) >= 11 is 0. The number of fused-ring (bicyclic) bond motifs is 1. The van der Waals surface area contributed by atoms with E-state index in [9.17, 15) is 4.79 Å². The summed E-state index contributed by atoms with van der Waals surface area (Å²) in [5.74, 6) is 0.361. The van der Waals surface area contributed by atoms with Crippen LogP contribution in [-0.4, -0.2) is 5.78 Å². The Morgan fingerprint density at radius 3 is 2.61 bits per heavy atom. The average Bonchev–Trinajstić information content (AvgIpc) is 2.39. The Morgan fingerprint density at radius 2 is 1.78 bits per heavy atom. The Labute approximate surface area is 109 Å². The third-order valence-corrected chi connectivity index (χ3v) is 3.33. The van der Waals surface area contributed by atoms with E-state index in [-0.39, 0.29) is 0 Å². The van der Waals surface area contributed by atoms with Crippen LogP contribution in [0.2, 0.25) is 0 Å². The fourth-order valence-electron chi connectivity index (χ4n) is 2.32. The monoisotopic (exact) mass is 240 g/mol. The molecule has 2 aromatic rings. The van der Waals surface area contributed by atoms with Crippen LogP contribution in [0.5, 0.6) is 0 Å². The lowest BCUT2D eigenvalue weighted by Gasteiger charge is -2.05. The van der Waals surface area contributed by atoms with Crippen molar-refractivity contribution in [2.75, 3.05) is 0 Å². The predicted molar refractivity (Wildman–Crippen MR) is 76.8 cm³/mol. The SMILES string of the molecule is CCCCCC(=O)Cc1cccc2ccccc12. The summed E-state index contributed by atoms with van der Waals surface area (Å²) in [7, 11) is 0. The average molecular weight is 240 g/mol. The molecular weight excluding hydrogens is 220 g/mol. The van der Waals surface area contributed by atoms with Crippen LogP contribution >= 0.6 is 0 Å². The molecule has 0 amide bonds. The van der Waals surface area contributed by atoms with Crippen LogP contribution in [0.4, 0.5) is 0 Å². The Hall–Kier alpha value is -1.63. The van der Waals surface area contributed by atoms with E-state index in [1.165, 1.54) is 17.2 Å². The van der Waals surface area contributed by atoms with E-state index in [2.05, 4.69) is 31.2 Å². The first kappa shape index (κ1) is 12.8. The molecule has 0 aliphatic rings. The van der Waals surface area contributed by atoms with Crippen molar-refractivity contribution in [2.45, 2.75) is 39.0 Å². The maximum atomic E-state index is 11.9. The molecule has 0 spiro atoms. The molecule has 0 aromatic heterocycles. The molecule has 2 aromatic carbocycles. The van der Waals surface area contributed by atoms with Crippen molar-refractivity contribution in [3.63, 3.8) is 0 Å². The second-order valence-corrected chi connectivity index (χ2v) is 4.81. The van der Waals surface area contributed by atoms with Gasteiger partial charge >= 0.3 is 0 Å². The molecule has 0 atom stereocenters. The Morgan fingerprint density at radius 1 is 1.00 bits per heavy atom. The zero-order chi connectivity index (χ0) is 12.8. The smallest absolute Gasteiger partial charge is 0.137 e. The van der Waals surface area contributed by atoms with Crippen molar-refractivity contribution < 1.29 is 4.79 Å². The summed E-state index contributed by atoms with van der Waals surface area (Å²) < 4.78 is 0. The predicted octanol–water partition coefficient (Wildman–Crippen LogP) is 4.53. The van der Waals surface area contributed by atoms with Crippen LogP contribution in [0.3, 0.4) is 0 Å². The lowest BCUT2D eigenvalue weighted by molar-refractivity contribution is -0.118. The van der Waals surface area contributed by atoms with Gasteiger partial charge in [0.2, 0.25) is 0 Å². The van der Waals surface area contributed by atoms with E-state index in [4.69, 9.17) is 0 Å². The number of ketones is 1. The fourth-order valence-corrected chi connectivity index (χ4v) is 2.32. The van der Waals surface area contributed by atoms with Crippen molar-refractivity contribution in [3.8, 4) is 0 Å². The molecular formula is C17H20O. The molecule has 2 rings (SSSR count). The van der Waals surface area contributed by atoms with Gasteiger partial charge in [0.25, 0.3) is 0 Å². The van der Waals surface area contributed by atoms with Gasteiger partial charge in [-0.2, -0.15) is 0 Å². The molecule has 0 unspecified atom stereocenters. The highest BCUT2D eigenvalue weighted by Gasteiger charge is 2.06. The molecule has 0 saturated carbocycles. The minimum absolute atomic E-state index is 0.361. The van der Waals surface area contributed by atoms with E-state index in [1.807, 2.05) is 18.2 Å². The first-order chi connectivity index (χ1) is 8.81. The van der Waals surface area contributed by atoms with Crippen molar-refractivity contribution in [1.82, 2.24) is 0 Å². The van der Waals surface area contributed by atoms with Gasteiger partial charge in [0.15, 0.2) is 0 Å². The molecule has 0 aliphatic carbocycles. The quantitative estimate of drug-likeness (QED) is 0.678. The number of hydrogen-bond donors (Lipinski definition) is 0. The van der Waals surface area contributed by atoms with Crippen molar-refractivity contribution in [2.24, 2.45) is 0 Å². The Bertz CT molecular complexity index is 523. The van der Waals surface area contributed by atoms with Crippen LogP contribution < -0.4 is 0 Å². The van der Waals surface area contributed by atoms with E-state index in [0.717, 1.165) is 24.8 Å². The van der Waals surface area contributed by atoms with Crippen LogP contribution in [-0.2, 0) is 11.2 Å².